The fourth-order valence-corrected chi connectivity index (χ4v) is 1.13. The molecule has 0 atom stereocenters. The maximum Gasteiger partial charge on any atom is 0.319 e. The van der Waals surface area contributed by atoms with Gasteiger partial charge in [0.05, 0.1) is 11.4 Å². The number of rotatable bonds is 1. The van der Waals surface area contributed by atoms with Gasteiger partial charge in [-0.3, -0.25) is 0 Å². The number of amides is 2. The van der Waals surface area contributed by atoms with Crippen LogP contribution in [0.1, 0.15) is 20.8 Å². The Morgan fingerprint density at radius 3 is 2.56 bits per heavy atom. The van der Waals surface area contributed by atoms with Crippen LogP contribution in [0.3, 0.4) is 0 Å². The number of carbonyl (C=O) groups is 1. The van der Waals surface area contributed by atoms with Crippen molar-refractivity contribution in [3.8, 4) is 0 Å². The fourth-order valence-electron chi connectivity index (χ4n) is 1.13. The molecule has 0 aliphatic heterocycles. The smallest absolute Gasteiger partial charge is 0.319 e. The largest absolute Gasteiger partial charge is 0.397 e. The number of nitrogens with two attached hydrogens (primary N) is 1. The standard InChI is InChI=1S/C11H16FN3O/c1-11(2,3)15-10(16)14-9-6-7(12)4-5-8(9)13/h4-6H,13H2,1-3H3,(H2,14,15,16). The summed E-state index contributed by atoms with van der Waals surface area (Å²) in [6.45, 7) is 5.55. The molecule has 0 bridgehead atoms. The van der Waals surface area contributed by atoms with Gasteiger partial charge in [-0.1, -0.05) is 0 Å². The van der Waals surface area contributed by atoms with Crippen LogP contribution in [-0.2, 0) is 0 Å². The predicted octanol–water partition coefficient (Wildman–Crippen LogP) is 2.33. The van der Waals surface area contributed by atoms with E-state index in [-0.39, 0.29) is 11.2 Å². The summed E-state index contributed by atoms with van der Waals surface area (Å²) in [5, 5.41) is 5.18. The van der Waals surface area contributed by atoms with E-state index in [0.29, 0.717) is 5.69 Å². The number of halogens is 1. The minimum atomic E-state index is -0.444. The Hall–Kier alpha value is -1.78. The molecule has 0 spiro atoms. The van der Waals surface area contributed by atoms with E-state index in [4.69, 9.17) is 5.73 Å². The van der Waals surface area contributed by atoms with Crippen LogP contribution < -0.4 is 16.4 Å². The van der Waals surface area contributed by atoms with Crippen molar-refractivity contribution < 1.29 is 9.18 Å². The van der Waals surface area contributed by atoms with Crippen LogP contribution >= 0.6 is 0 Å². The molecule has 0 aliphatic rings. The zero-order chi connectivity index (χ0) is 12.3. The Bertz CT molecular complexity index is 399. The summed E-state index contributed by atoms with van der Waals surface area (Å²) in [7, 11) is 0. The average molecular weight is 225 g/mol. The number of anilines is 2. The molecule has 0 unspecified atom stereocenters. The van der Waals surface area contributed by atoms with E-state index in [1.54, 1.807) is 0 Å². The Balaban J connectivity index is 2.73. The molecule has 1 rings (SSSR count). The predicted molar refractivity (Wildman–Crippen MR) is 62.7 cm³/mol. The Morgan fingerprint density at radius 2 is 2.00 bits per heavy atom. The Labute approximate surface area is 94.0 Å². The van der Waals surface area contributed by atoms with Crippen LogP contribution in [0.5, 0.6) is 0 Å². The van der Waals surface area contributed by atoms with E-state index in [9.17, 15) is 9.18 Å². The summed E-state index contributed by atoms with van der Waals surface area (Å²) in [5.41, 5.74) is 5.83. The van der Waals surface area contributed by atoms with Crippen molar-refractivity contribution in [2.45, 2.75) is 26.3 Å². The molecule has 0 saturated heterocycles. The summed E-state index contributed by atoms with van der Waals surface area (Å²) < 4.78 is 12.9. The number of urea groups is 1. The van der Waals surface area contributed by atoms with E-state index < -0.39 is 11.8 Å². The van der Waals surface area contributed by atoms with E-state index in [0.717, 1.165) is 0 Å². The zero-order valence-corrected chi connectivity index (χ0v) is 9.60. The van der Waals surface area contributed by atoms with Crippen LogP contribution in [-0.4, -0.2) is 11.6 Å². The van der Waals surface area contributed by atoms with Crippen LogP contribution in [0.15, 0.2) is 18.2 Å². The Kier molecular flexibility index (Phi) is 3.37. The van der Waals surface area contributed by atoms with Gasteiger partial charge in [-0.2, -0.15) is 0 Å². The van der Waals surface area contributed by atoms with Crippen molar-refractivity contribution >= 4 is 17.4 Å². The first-order valence-electron chi connectivity index (χ1n) is 4.92. The molecular formula is C11H16FN3O. The molecule has 0 aromatic heterocycles. The molecule has 0 fully saturated rings. The molecule has 0 radical (unpaired) electrons. The van der Waals surface area contributed by atoms with Gasteiger partial charge >= 0.3 is 6.03 Å². The highest BCUT2D eigenvalue weighted by Crippen LogP contribution is 2.19. The normalized spacial score (nSPS) is 11.0. The maximum absolute atomic E-state index is 12.9. The summed E-state index contributed by atoms with van der Waals surface area (Å²) in [6, 6.07) is 3.41. The van der Waals surface area contributed by atoms with Crippen LogP contribution in [0.2, 0.25) is 0 Å². The van der Waals surface area contributed by atoms with Gasteiger partial charge < -0.3 is 16.4 Å². The zero-order valence-electron chi connectivity index (χ0n) is 9.60. The first-order chi connectivity index (χ1) is 7.28. The Morgan fingerprint density at radius 1 is 1.38 bits per heavy atom. The third kappa shape index (κ3) is 3.76. The summed E-state index contributed by atoms with van der Waals surface area (Å²) in [4.78, 5) is 11.5. The molecule has 1 aromatic carbocycles. The van der Waals surface area contributed by atoms with Gasteiger partial charge in [-0.05, 0) is 39.0 Å². The van der Waals surface area contributed by atoms with Gasteiger partial charge in [0.2, 0.25) is 0 Å². The molecule has 0 heterocycles. The molecule has 4 N–H and O–H groups in total. The van der Waals surface area contributed by atoms with Gasteiger partial charge in [-0.25, -0.2) is 9.18 Å². The summed E-state index contributed by atoms with van der Waals surface area (Å²) in [6.07, 6.45) is 0. The van der Waals surface area contributed by atoms with Crippen molar-refractivity contribution in [1.82, 2.24) is 5.32 Å². The third-order valence-electron chi connectivity index (χ3n) is 1.75. The second-order valence-corrected chi connectivity index (χ2v) is 4.56. The monoisotopic (exact) mass is 225 g/mol. The molecule has 88 valence electrons. The quantitative estimate of drug-likeness (QED) is 0.642. The van der Waals surface area contributed by atoms with Gasteiger partial charge in [0, 0.05) is 5.54 Å². The van der Waals surface area contributed by atoms with Gasteiger partial charge in [0.25, 0.3) is 0 Å². The van der Waals surface area contributed by atoms with E-state index in [1.807, 2.05) is 20.8 Å². The fraction of sp³-hybridized carbons (Fsp3) is 0.364. The number of carbonyl (C=O) groups excluding carboxylic acids is 1. The average Bonchev–Trinajstić information content (AvgIpc) is 2.08. The summed E-state index contributed by atoms with van der Waals surface area (Å²) in [5.74, 6) is -0.444. The molecule has 0 aliphatic carbocycles. The second kappa shape index (κ2) is 4.38. The SMILES string of the molecule is CC(C)(C)NC(=O)Nc1cc(F)ccc1N. The molecular weight excluding hydrogens is 209 g/mol. The highest BCUT2D eigenvalue weighted by molar-refractivity contribution is 5.92. The molecule has 0 saturated carbocycles. The molecule has 5 heteroatoms. The van der Waals surface area contributed by atoms with Gasteiger partial charge in [0.1, 0.15) is 5.82 Å². The number of nitrogens with one attached hydrogen (secondary N) is 2. The van der Waals surface area contributed by atoms with E-state index >= 15 is 0 Å². The van der Waals surface area contributed by atoms with Gasteiger partial charge in [-0.15, -0.1) is 0 Å². The number of nitrogen functional groups attached to an aromatic ring is 1. The third-order valence-corrected chi connectivity index (χ3v) is 1.75. The maximum atomic E-state index is 12.9. The minimum Gasteiger partial charge on any atom is -0.397 e. The highest BCUT2D eigenvalue weighted by atomic mass is 19.1. The molecule has 1 aromatic rings. The van der Waals surface area contributed by atoms with Crippen molar-refractivity contribution in [2.75, 3.05) is 11.1 Å². The lowest BCUT2D eigenvalue weighted by molar-refractivity contribution is 0.244. The van der Waals surface area contributed by atoms with Gasteiger partial charge in [0.15, 0.2) is 0 Å². The number of hydrogen-bond donors (Lipinski definition) is 3. The lowest BCUT2D eigenvalue weighted by atomic mass is 10.1. The lowest BCUT2D eigenvalue weighted by Gasteiger charge is -2.21. The molecule has 4 nitrogen and oxygen atoms in total. The highest BCUT2D eigenvalue weighted by Gasteiger charge is 2.14. The van der Waals surface area contributed by atoms with Crippen LogP contribution in [0.25, 0.3) is 0 Å². The minimum absolute atomic E-state index is 0.266. The second-order valence-electron chi connectivity index (χ2n) is 4.56. The van der Waals surface area contributed by atoms with Crippen LogP contribution in [0.4, 0.5) is 20.6 Å². The number of hydrogen-bond acceptors (Lipinski definition) is 2. The first kappa shape index (κ1) is 12.3. The summed E-state index contributed by atoms with van der Waals surface area (Å²) >= 11 is 0. The van der Waals surface area contributed by atoms with Crippen molar-refractivity contribution in [3.63, 3.8) is 0 Å². The lowest BCUT2D eigenvalue weighted by Crippen LogP contribution is -2.43. The van der Waals surface area contributed by atoms with Crippen molar-refractivity contribution in [2.24, 2.45) is 0 Å². The van der Waals surface area contributed by atoms with Crippen LogP contribution in [0, 0.1) is 5.82 Å². The number of benzene rings is 1. The van der Waals surface area contributed by atoms with Crippen molar-refractivity contribution in [3.05, 3.63) is 24.0 Å². The molecule has 16 heavy (non-hydrogen) atoms. The van der Waals surface area contributed by atoms with Crippen molar-refractivity contribution in [1.29, 1.82) is 0 Å². The molecule has 2 amide bonds. The van der Waals surface area contributed by atoms with E-state index in [1.165, 1.54) is 18.2 Å². The topological polar surface area (TPSA) is 67.2 Å². The first-order valence-corrected chi connectivity index (χ1v) is 4.92. The van der Waals surface area contributed by atoms with E-state index in [2.05, 4.69) is 10.6 Å².